The summed E-state index contributed by atoms with van der Waals surface area (Å²) >= 11 is 0. The lowest BCUT2D eigenvalue weighted by molar-refractivity contribution is -0.135. The van der Waals surface area contributed by atoms with Crippen molar-refractivity contribution in [2.75, 3.05) is 0 Å². The molecule has 0 atom stereocenters. The second-order valence-electron chi connectivity index (χ2n) is 2.90. The molecule has 0 aromatic heterocycles. The topological polar surface area (TPSA) is 54.4 Å². The molecule has 78 valence electrons. The molecule has 0 spiro atoms. The van der Waals surface area contributed by atoms with Gasteiger partial charge >= 0.3 is 5.97 Å². The van der Waals surface area contributed by atoms with Crippen molar-refractivity contribution in [3.8, 4) is 0 Å². The van der Waals surface area contributed by atoms with Crippen LogP contribution in [0.25, 0.3) is 6.08 Å². The molecule has 1 N–H and O–H groups in total. The van der Waals surface area contributed by atoms with Crippen LogP contribution in [0.1, 0.15) is 22.3 Å². The van der Waals surface area contributed by atoms with E-state index in [4.69, 9.17) is 5.11 Å². The van der Waals surface area contributed by atoms with Gasteiger partial charge in [-0.1, -0.05) is 24.3 Å². The third-order valence-electron chi connectivity index (χ3n) is 1.75. The monoisotopic (exact) mass is 208 g/mol. The van der Waals surface area contributed by atoms with Gasteiger partial charge in [-0.05, 0) is 6.07 Å². The van der Waals surface area contributed by atoms with Crippen LogP contribution in [0.2, 0.25) is 0 Å². The fourth-order valence-corrected chi connectivity index (χ4v) is 1.04. The molecule has 3 nitrogen and oxygen atoms in total. The summed E-state index contributed by atoms with van der Waals surface area (Å²) in [5, 5.41) is 8.35. The summed E-state index contributed by atoms with van der Waals surface area (Å²) in [5.41, 5.74) is 0.518. The predicted octanol–water partition coefficient (Wildman–Crippen LogP) is 2.13. The van der Waals surface area contributed by atoms with Crippen molar-refractivity contribution < 1.29 is 19.1 Å². The standard InChI is InChI=1S/C11H9FO3/c12-10-6-8(7-13)4-5-9(10)2-1-3-11(14)15/h1-2,4-7H,3H2,(H,14,15). The van der Waals surface area contributed by atoms with Gasteiger partial charge in [0.2, 0.25) is 0 Å². The minimum absolute atomic E-state index is 0.158. The van der Waals surface area contributed by atoms with E-state index in [2.05, 4.69) is 0 Å². The number of benzene rings is 1. The normalized spacial score (nSPS) is 10.5. The Morgan fingerprint density at radius 2 is 2.20 bits per heavy atom. The van der Waals surface area contributed by atoms with Gasteiger partial charge < -0.3 is 5.11 Å². The van der Waals surface area contributed by atoms with Crippen LogP contribution in [-0.2, 0) is 4.79 Å². The molecule has 15 heavy (non-hydrogen) atoms. The lowest BCUT2D eigenvalue weighted by Crippen LogP contribution is -1.90. The maximum atomic E-state index is 13.2. The summed E-state index contributed by atoms with van der Waals surface area (Å²) in [6.45, 7) is 0. The quantitative estimate of drug-likeness (QED) is 0.771. The van der Waals surface area contributed by atoms with Gasteiger partial charge in [0.1, 0.15) is 12.1 Å². The zero-order valence-corrected chi connectivity index (χ0v) is 7.81. The average Bonchev–Trinajstić information content (AvgIpc) is 2.20. The molecule has 1 aromatic rings. The molecule has 0 aliphatic rings. The van der Waals surface area contributed by atoms with Crippen molar-refractivity contribution in [2.24, 2.45) is 0 Å². The first-order valence-corrected chi connectivity index (χ1v) is 4.26. The predicted molar refractivity (Wildman–Crippen MR) is 53.1 cm³/mol. The number of rotatable bonds is 4. The highest BCUT2D eigenvalue weighted by atomic mass is 19.1. The van der Waals surface area contributed by atoms with E-state index in [0.29, 0.717) is 6.29 Å². The van der Waals surface area contributed by atoms with Gasteiger partial charge in [-0.25, -0.2) is 4.39 Å². The first kappa shape index (κ1) is 11.1. The molecule has 1 aromatic carbocycles. The van der Waals surface area contributed by atoms with Gasteiger partial charge in [0, 0.05) is 11.1 Å². The molecule has 0 saturated carbocycles. The molecule has 0 bridgehead atoms. The number of carbonyl (C=O) groups excluding carboxylic acids is 1. The average molecular weight is 208 g/mol. The number of carboxylic acid groups (broad SMARTS) is 1. The van der Waals surface area contributed by atoms with E-state index in [0.717, 1.165) is 6.07 Å². The second kappa shape index (κ2) is 5.05. The van der Waals surface area contributed by atoms with Gasteiger partial charge in [0.25, 0.3) is 0 Å². The van der Waals surface area contributed by atoms with Crippen LogP contribution < -0.4 is 0 Å². The van der Waals surface area contributed by atoms with Crippen LogP contribution in [0.3, 0.4) is 0 Å². The Labute approximate surface area is 85.8 Å². The Bertz CT molecular complexity index is 410. The molecule has 0 heterocycles. The number of aldehydes is 1. The molecule has 0 aliphatic heterocycles. The van der Waals surface area contributed by atoms with Gasteiger partial charge in [0.05, 0.1) is 6.42 Å². The fourth-order valence-electron chi connectivity index (χ4n) is 1.04. The third kappa shape index (κ3) is 3.34. The molecule has 0 radical (unpaired) electrons. The lowest BCUT2D eigenvalue weighted by Gasteiger charge is -1.97. The zero-order chi connectivity index (χ0) is 11.3. The Morgan fingerprint density at radius 1 is 1.47 bits per heavy atom. The minimum atomic E-state index is -0.976. The highest BCUT2D eigenvalue weighted by Gasteiger charge is 2.00. The smallest absolute Gasteiger partial charge is 0.307 e. The van der Waals surface area contributed by atoms with E-state index in [1.807, 2.05) is 0 Å². The number of hydrogen-bond acceptors (Lipinski definition) is 2. The zero-order valence-electron chi connectivity index (χ0n) is 7.81. The van der Waals surface area contributed by atoms with Crippen LogP contribution in [0.5, 0.6) is 0 Å². The Morgan fingerprint density at radius 3 is 2.73 bits per heavy atom. The summed E-state index contributed by atoms with van der Waals surface area (Å²) in [7, 11) is 0. The largest absolute Gasteiger partial charge is 0.481 e. The molecule has 0 fully saturated rings. The Hall–Kier alpha value is -1.97. The van der Waals surface area contributed by atoms with E-state index >= 15 is 0 Å². The first-order chi connectivity index (χ1) is 7.13. The molecule has 0 aliphatic carbocycles. The van der Waals surface area contributed by atoms with Gasteiger partial charge in [0.15, 0.2) is 0 Å². The van der Waals surface area contributed by atoms with Crippen molar-refractivity contribution in [3.63, 3.8) is 0 Å². The highest BCUT2D eigenvalue weighted by Crippen LogP contribution is 2.11. The number of halogens is 1. The summed E-state index contributed by atoms with van der Waals surface area (Å²) in [4.78, 5) is 20.5. The fraction of sp³-hybridized carbons (Fsp3) is 0.0909. The van der Waals surface area contributed by atoms with Crippen LogP contribution in [0.15, 0.2) is 24.3 Å². The Balaban J connectivity index is 2.82. The van der Waals surface area contributed by atoms with Crippen molar-refractivity contribution >= 4 is 18.3 Å². The van der Waals surface area contributed by atoms with Gasteiger partial charge in [-0.15, -0.1) is 0 Å². The minimum Gasteiger partial charge on any atom is -0.481 e. The van der Waals surface area contributed by atoms with E-state index in [1.54, 1.807) is 0 Å². The second-order valence-corrected chi connectivity index (χ2v) is 2.90. The van der Waals surface area contributed by atoms with Crippen LogP contribution in [0, 0.1) is 5.82 Å². The summed E-state index contributed by atoms with van der Waals surface area (Å²) < 4.78 is 13.2. The number of carboxylic acids is 1. The van der Waals surface area contributed by atoms with Crippen molar-refractivity contribution in [2.45, 2.75) is 6.42 Å². The van der Waals surface area contributed by atoms with Crippen LogP contribution in [-0.4, -0.2) is 17.4 Å². The molecule has 0 saturated heterocycles. The third-order valence-corrected chi connectivity index (χ3v) is 1.75. The number of carbonyl (C=O) groups is 2. The first-order valence-electron chi connectivity index (χ1n) is 4.26. The summed E-state index contributed by atoms with van der Waals surface area (Å²) in [6.07, 6.45) is 3.11. The van der Waals surface area contributed by atoms with Gasteiger partial charge in [-0.3, -0.25) is 9.59 Å². The molecular weight excluding hydrogens is 199 g/mol. The summed E-state index contributed by atoms with van der Waals surface area (Å²) in [5.74, 6) is -1.52. The molecule has 0 amide bonds. The van der Waals surface area contributed by atoms with Crippen molar-refractivity contribution in [3.05, 3.63) is 41.2 Å². The molecule has 4 heteroatoms. The Kier molecular flexibility index (Phi) is 3.74. The van der Waals surface area contributed by atoms with E-state index in [1.165, 1.54) is 24.3 Å². The van der Waals surface area contributed by atoms with Crippen molar-refractivity contribution in [1.82, 2.24) is 0 Å². The summed E-state index contributed by atoms with van der Waals surface area (Å²) in [6, 6.07) is 4.00. The maximum Gasteiger partial charge on any atom is 0.307 e. The highest BCUT2D eigenvalue weighted by molar-refractivity contribution is 5.75. The van der Waals surface area contributed by atoms with E-state index in [-0.39, 0.29) is 17.5 Å². The van der Waals surface area contributed by atoms with Crippen molar-refractivity contribution in [1.29, 1.82) is 0 Å². The molecule has 1 rings (SSSR count). The van der Waals surface area contributed by atoms with E-state index in [9.17, 15) is 14.0 Å². The van der Waals surface area contributed by atoms with Crippen LogP contribution in [0.4, 0.5) is 4.39 Å². The molecule has 0 unspecified atom stereocenters. The van der Waals surface area contributed by atoms with Crippen LogP contribution >= 0.6 is 0 Å². The van der Waals surface area contributed by atoms with Gasteiger partial charge in [-0.2, -0.15) is 0 Å². The van der Waals surface area contributed by atoms with E-state index < -0.39 is 11.8 Å². The lowest BCUT2D eigenvalue weighted by atomic mass is 10.1. The number of aliphatic carboxylic acids is 1. The molecular formula is C11H9FO3. The maximum absolute atomic E-state index is 13.2. The number of hydrogen-bond donors (Lipinski definition) is 1. The SMILES string of the molecule is O=Cc1ccc(C=CCC(=O)O)c(F)c1.